The number of benzene rings is 1. The molecule has 0 radical (unpaired) electrons. The van der Waals surface area contributed by atoms with Crippen LogP contribution in [0.1, 0.15) is 12.0 Å². The van der Waals surface area contributed by atoms with Crippen molar-refractivity contribution in [2.45, 2.75) is 6.42 Å². The molecule has 1 aromatic carbocycles. The van der Waals surface area contributed by atoms with Gasteiger partial charge in [0.2, 0.25) is 0 Å². The fraction of sp³-hybridized carbons (Fsp3) is 0.429. The molecular formula is C14H21NOS. The Morgan fingerprint density at radius 3 is 2.76 bits per heavy atom. The molecule has 3 heteroatoms. The molecule has 0 heterocycles. The third-order valence-electron chi connectivity index (χ3n) is 2.24. The quantitative estimate of drug-likeness (QED) is 0.661. The van der Waals surface area contributed by atoms with E-state index in [1.807, 2.05) is 30.0 Å². The van der Waals surface area contributed by atoms with Gasteiger partial charge in [0.1, 0.15) is 0 Å². The molecule has 1 aromatic rings. The van der Waals surface area contributed by atoms with E-state index >= 15 is 0 Å². The van der Waals surface area contributed by atoms with E-state index in [1.165, 1.54) is 5.56 Å². The van der Waals surface area contributed by atoms with E-state index in [4.69, 9.17) is 5.11 Å². The zero-order valence-corrected chi connectivity index (χ0v) is 11.0. The largest absolute Gasteiger partial charge is 0.396 e. The highest BCUT2D eigenvalue weighted by Crippen LogP contribution is 2.01. The summed E-state index contributed by atoms with van der Waals surface area (Å²) in [6, 6.07) is 10.3. The zero-order valence-electron chi connectivity index (χ0n) is 10.1. The van der Waals surface area contributed by atoms with Crippen molar-refractivity contribution >= 4 is 17.8 Å². The van der Waals surface area contributed by atoms with Gasteiger partial charge < -0.3 is 10.4 Å². The van der Waals surface area contributed by atoms with Crippen LogP contribution in [0.4, 0.5) is 0 Å². The molecule has 0 aliphatic rings. The van der Waals surface area contributed by atoms with Crippen LogP contribution in [-0.4, -0.2) is 36.3 Å². The molecule has 0 amide bonds. The van der Waals surface area contributed by atoms with Crippen molar-refractivity contribution in [2.75, 3.05) is 31.2 Å². The molecule has 2 nitrogen and oxygen atoms in total. The topological polar surface area (TPSA) is 32.3 Å². The van der Waals surface area contributed by atoms with Crippen molar-refractivity contribution in [1.82, 2.24) is 5.32 Å². The Morgan fingerprint density at radius 2 is 2.00 bits per heavy atom. The molecule has 0 unspecified atom stereocenters. The molecule has 17 heavy (non-hydrogen) atoms. The van der Waals surface area contributed by atoms with E-state index in [-0.39, 0.29) is 0 Å². The molecule has 0 saturated heterocycles. The first-order valence-corrected chi connectivity index (χ1v) is 7.20. The highest BCUT2D eigenvalue weighted by Gasteiger charge is 1.88. The summed E-state index contributed by atoms with van der Waals surface area (Å²) in [7, 11) is 0. The normalized spacial score (nSPS) is 11.1. The average Bonchev–Trinajstić information content (AvgIpc) is 2.38. The van der Waals surface area contributed by atoms with Crippen LogP contribution in [0, 0.1) is 0 Å². The summed E-state index contributed by atoms with van der Waals surface area (Å²) < 4.78 is 0. The van der Waals surface area contributed by atoms with Gasteiger partial charge in [-0.3, -0.25) is 0 Å². The van der Waals surface area contributed by atoms with Crippen molar-refractivity contribution < 1.29 is 5.11 Å². The first kappa shape index (κ1) is 14.3. The zero-order chi connectivity index (χ0) is 12.2. The van der Waals surface area contributed by atoms with Gasteiger partial charge in [-0.1, -0.05) is 42.5 Å². The Morgan fingerprint density at radius 1 is 1.18 bits per heavy atom. The molecule has 0 aliphatic heterocycles. The number of thioether (sulfide) groups is 1. The lowest BCUT2D eigenvalue weighted by atomic mass is 10.2. The average molecular weight is 251 g/mol. The third kappa shape index (κ3) is 8.02. The molecule has 0 saturated carbocycles. The first-order chi connectivity index (χ1) is 8.43. The standard InChI is InChI=1S/C14H21NOS/c16-11-5-12-17-13-10-15-9-4-8-14-6-2-1-3-7-14/h1-4,6-8,15-16H,5,9-13H2/b8-4+. The molecule has 1 rings (SSSR count). The maximum absolute atomic E-state index is 8.61. The van der Waals surface area contributed by atoms with Crippen LogP contribution in [0.3, 0.4) is 0 Å². The highest BCUT2D eigenvalue weighted by molar-refractivity contribution is 7.99. The van der Waals surface area contributed by atoms with Crippen LogP contribution >= 0.6 is 11.8 Å². The maximum atomic E-state index is 8.61. The predicted molar refractivity (Wildman–Crippen MR) is 77.4 cm³/mol. The van der Waals surface area contributed by atoms with Crippen LogP contribution in [0.15, 0.2) is 36.4 Å². The molecule has 0 aromatic heterocycles. The Kier molecular flexibility index (Phi) is 8.73. The number of hydrogen-bond donors (Lipinski definition) is 2. The summed E-state index contributed by atoms with van der Waals surface area (Å²) in [6.07, 6.45) is 5.18. The minimum atomic E-state index is 0.306. The van der Waals surface area contributed by atoms with Gasteiger partial charge >= 0.3 is 0 Å². The van der Waals surface area contributed by atoms with Crippen molar-refractivity contribution in [3.8, 4) is 0 Å². The minimum Gasteiger partial charge on any atom is -0.396 e. The summed E-state index contributed by atoms with van der Waals surface area (Å²) in [6.45, 7) is 2.24. The summed E-state index contributed by atoms with van der Waals surface area (Å²) in [5, 5.41) is 12.0. The lowest BCUT2D eigenvalue weighted by molar-refractivity contribution is 0.296. The van der Waals surface area contributed by atoms with E-state index in [2.05, 4.69) is 29.6 Å². The van der Waals surface area contributed by atoms with Gasteiger partial charge in [0, 0.05) is 25.4 Å². The fourth-order valence-corrected chi connectivity index (χ4v) is 2.18. The Balaban J connectivity index is 1.95. The van der Waals surface area contributed by atoms with Gasteiger partial charge in [0.15, 0.2) is 0 Å². The second-order valence-corrected chi connectivity index (χ2v) is 4.93. The van der Waals surface area contributed by atoms with Gasteiger partial charge in [-0.25, -0.2) is 0 Å². The fourth-order valence-electron chi connectivity index (χ4n) is 1.36. The second kappa shape index (κ2) is 10.4. The number of nitrogens with one attached hydrogen (secondary N) is 1. The number of rotatable bonds is 9. The minimum absolute atomic E-state index is 0.306. The van der Waals surface area contributed by atoms with E-state index in [9.17, 15) is 0 Å². The van der Waals surface area contributed by atoms with Crippen molar-refractivity contribution in [1.29, 1.82) is 0 Å². The van der Waals surface area contributed by atoms with Crippen LogP contribution in [-0.2, 0) is 0 Å². The molecule has 0 aliphatic carbocycles. The predicted octanol–water partition coefficient (Wildman–Crippen LogP) is 2.41. The monoisotopic (exact) mass is 251 g/mol. The number of aliphatic hydroxyl groups excluding tert-OH is 1. The first-order valence-electron chi connectivity index (χ1n) is 6.04. The van der Waals surface area contributed by atoms with Crippen LogP contribution < -0.4 is 5.32 Å². The summed E-state index contributed by atoms with van der Waals surface area (Å²) in [5.41, 5.74) is 1.24. The van der Waals surface area contributed by atoms with Gasteiger partial charge in [-0.15, -0.1) is 0 Å². The van der Waals surface area contributed by atoms with Crippen molar-refractivity contribution in [2.24, 2.45) is 0 Å². The third-order valence-corrected chi connectivity index (χ3v) is 3.31. The summed E-state index contributed by atoms with van der Waals surface area (Å²) >= 11 is 1.89. The van der Waals surface area contributed by atoms with Gasteiger partial charge in [0.05, 0.1) is 0 Å². The summed E-state index contributed by atoms with van der Waals surface area (Å²) in [4.78, 5) is 0. The van der Waals surface area contributed by atoms with E-state index < -0.39 is 0 Å². The Bertz CT molecular complexity index is 300. The molecule has 0 bridgehead atoms. The molecular weight excluding hydrogens is 230 g/mol. The molecule has 94 valence electrons. The van der Waals surface area contributed by atoms with Crippen LogP contribution in [0.5, 0.6) is 0 Å². The Labute approximate surface area is 108 Å². The molecule has 0 fully saturated rings. The van der Waals surface area contributed by atoms with Gasteiger partial charge in [-0.05, 0) is 17.7 Å². The lowest BCUT2D eigenvalue weighted by Gasteiger charge is -2.01. The van der Waals surface area contributed by atoms with Gasteiger partial charge in [0.25, 0.3) is 0 Å². The Hall–Kier alpha value is -0.770. The van der Waals surface area contributed by atoms with E-state index in [0.717, 1.165) is 31.0 Å². The van der Waals surface area contributed by atoms with Crippen LogP contribution in [0.25, 0.3) is 6.08 Å². The van der Waals surface area contributed by atoms with Crippen molar-refractivity contribution in [3.05, 3.63) is 42.0 Å². The molecule has 0 atom stereocenters. The highest BCUT2D eigenvalue weighted by atomic mass is 32.2. The van der Waals surface area contributed by atoms with E-state index in [0.29, 0.717) is 6.61 Å². The molecule has 0 spiro atoms. The number of hydrogen-bond acceptors (Lipinski definition) is 3. The second-order valence-electron chi connectivity index (χ2n) is 3.71. The van der Waals surface area contributed by atoms with Gasteiger partial charge in [-0.2, -0.15) is 11.8 Å². The van der Waals surface area contributed by atoms with E-state index in [1.54, 1.807) is 0 Å². The number of aliphatic hydroxyl groups is 1. The molecule has 2 N–H and O–H groups in total. The summed E-state index contributed by atoms with van der Waals surface area (Å²) in [5.74, 6) is 2.16. The smallest absolute Gasteiger partial charge is 0.0438 e. The van der Waals surface area contributed by atoms with Crippen molar-refractivity contribution in [3.63, 3.8) is 0 Å². The van der Waals surface area contributed by atoms with Crippen LogP contribution in [0.2, 0.25) is 0 Å². The lowest BCUT2D eigenvalue weighted by Crippen LogP contribution is -2.17. The maximum Gasteiger partial charge on any atom is 0.0438 e. The SMILES string of the molecule is OCCCSCCNC/C=C/c1ccccc1.